The van der Waals surface area contributed by atoms with Crippen molar-refractivity contribution in [1.29, 1.82) is 0 Å². The predicted octanol–water partition coefficient (Wildman–Crippen LogP) is 1.04. The van der Waals surface area contributed by atoms with E-state index in [1.807, 2.05) is 6.92 Å². The van der Waals surface area contributed by atoms with E-state index >= 15 is 0 Å². The van der Waals surface area contributed by atoms with E-state index in [2.05, 4.69) is 11.8 Å². The second-order valence-electron chi connectivity index (χ2n) is 4.28. The highest BCUT2D eigenvalue weighted by atomic mass is 35.5. The molecule has 0 heterocycles. The monoisotopic (exact) mass is 330 g/mol. The first kappa shape index (κ1) is 18.0. The van der Waals surface area contributed by atoms with Crippen LogP contribution in [0.5, 0.6) is 0 Å². The lowest BCUT2D eigenvalue weighted by atomic mass is 10.2. The number of nitrogens with zero attached hydrogens (tertiary/aromatic N) is 1. The molecular weight excluding hydrogens is 312 g/mol. The molecule has 0 aliphatic carbocycles. The van der Waals surface area contributed by atoms with Crippen LogP contribution in [-0.2, 0) is 10.0 Å². The van der Waals surface area contributed by atoms with E-state index in [1.165, 1.54) is 16.4 Å². The zero-order valence-electron chi connectivity index (χ0n) is 11.8. The van der Waals surface area contributed by atoms with E-state index < -0.39 is 10.0 Å². The average molecular weight is 331 g/mol. The lowest BCUT2D eigenvalue weighted by Crippen LogP contribution is -2.34. The van der Waals surface area contributed by atoms with E-state index in [9.17, 15) is 8.42 Å². The molecule has 3 N–H and O–H groups in total. The highest BCUT2D eigenvalue weighted by Gasteiger charge is 2.25. The third-order valence-electron chi connectivity index (χ3n) is 2.71. The Morgan fingerprint density at radius 3 is 2.62 bits per heavy atom. The Labute approximate surface area is 130 Å². The number of nitrogens with two attached hydrogens (primary N) is 1. The number of benzene rings is 1. The van der Waals surface area contributed by atoms with Crippen molar-refractivity contribution in [3.05, 3.63) is 28.8 Å². The first-order valence-electron chi connectivity index (χ1n) is 6.56. The van der Waals surface area contributed by atoms with Gasteiger partial charge in [0.15, 0.2) is 0 Å². The molecule has 0 aromatic heterocycles. The lowest BCUT2D eigenvalue weighted by molar-refractivity contribution is 0.253. The Kier molecular flexibility index (Phi) is 7.15. The van der Waals surface area contributed by atoms with Crippen molar-refractivity contribution in [2.75, 3.05) is 26.2 Å². The summed E-state index contributed by atoms with van der Waals surface area (Å²) >= 11 is 6.07. The Bertz CT molecular complexity index is 629. The molecule has 0 atom stereocenters. The van der Waals surface area contributed by atoms with Crippen LogP contribution < -0.4 is 5.73 Å². The summed E-state index contributed by atoms with van der Waals surface area (Å²) in [6, 6.07) is 4.52. The van der Waals surface area contributed by atoms with Crippen LogP contribution in [0.1, 0.15) is 18.9 Å². The van der Waals surface area contributed by atoms with Crippen molar-refractivity contribution in [2.45, 2.75) is 18.2 Å². The van der Waals surface area contributed by atoms with Crippen molar-refractivity contribution in [2.24, 2.45) is 5.73 Å². The van der Waals surface area contributed by atoms with E-state index in [1.54, 1.807) is 6.07 Å². The van der Waals surface area contributed by atoms with Crippen molar-refractivity contribution >= 4 is 21.6 Å². The molecule has 1 aromatic rings. The van der Waals surface area contributed by atoms with Crippen LogP contribution in [0.15, 0.2) is 23.1 Å². The molecule has 0 aliphatic heterocycles. The molecule has 116 valence electrons. The van der Waals surface area contributed by atoms with Gasteiger partial charge in [0.2, 0.25) is 10.0 Å². The Morgan fingerprint density at radius 1 is 1.38 bits per heavy atom. The Balaban J connectivity index is 3.18. The topological polar surface area (TPSA) is 83.6 Å². The zero-order valence-corrected chi connectivity index (χ0v) is 13.4. The fourth-order valence-corrected chi connectivity index (χ4v) is 3.83. The fraction of sp³-hybridized carbons (Fsp3) is 0.429. The van der Waals surface area contributed by atoms with Crippen LogP contribution in [0, 0.1) is 11.8 Å². The first-order chi connectivity index (χ1) is 9.97. The third kappa shape index (κ3) is 4.70. The zero-order chi connectivity index (χ0) is 15.9. The van der Waals surface area contributed by atoms with Gasteiger partial charge in [-0.05, 0) is 24.6 Å². The summed E-state index contributed by atoms with van der Waals surface area (Å²) in [4.78, 5) is 0.0179. The van der Waals surface area contributed by atoms with Crippen LogP contribution in [-0.4, -0.2) is 44.1 Å². The number of hydrogen-bond donors (Lipinski definition) is 2. The minimum absolute atomic E-state index is 0.0179. The van der Waals surface area contributed by atoms with Gasteiger partial charge in [0.1, 0.15) is 4.90 Å². The molecule has 0 fully saturated rings. The van der Waals surface area contributed by atoms with Gasteiger partial charge in [-0.15, -0.1) is 0 Å². The van der Waals surface area contributed by atoms with Crippen LogP contribution in [0.3, 0.4) is 0 Å². The van der Waals surface area contributed by atoms with Gasteiger partial charge < -0.3 is 10.8 Å². The summed E-state index contributed by atoms with van der Waals surface area (Å²) in [5.74, 6) is 5.48. The molecule has 1 rings (SSSR count). The molecule has 0 amide bonds. The lowest BCUT2D eigenvalue weighted by Gasteiger charge is -2.21. The summed E-state index contributed by atoms with van der Waals surface area (Å²) in [6.07, 6.45) is 0.650. The third-order valence-corrected chi connectivity index (χ3v) is 5.09. The number of aliphatic hydroxyl groups is 1. The summed E-state index contributed by atoms with van der Waals surface area (Å²) in [5.41, 5.74) is 5.89. The minimum atomic E-state index is -3.72. The van der Waals surface area contributed by atoms with E-state index in [-0.39, 0.29) is 29.6 Å². The molecule has 0 saturated carbocycles. The van der Waals surface area contributed by atoms with Gasteiger partial charge in [-0.25, -0.2) is 8.42 Å². The van der Waals surface area contributed by atoms with Gasteiger partial charge in [-0.2, -0.15) is 4.31 Å². The van der Waals surface area contributed by atoms with Crippen LogP contribution >= 0.6 is 11.6 Å². The Hall–Kier alpha value is -1.10. The molecule has 1 aromatic carbocycles. The molecular formula is C14H19ClN2O3S. The van der Waals surface area contributed by atoms with Crippen LogP contribution in [0.4, 0.5) is 0 Å². The number of hydrogen-bond acceptors (Lipinski definition) is 4. The van der Waals surface area contributed by atoms with E-state index in [0.29, 0.717) is 18.5 Å². The van der Waals surface area contributed by atoms with Gasteiger partial charge in [-0.3, -0.25) is 0 Å². The maximum Gasteiger partial charge on any atom is 0.244 e. The predicted molar refractivity (Wildman–Crippen MR) is 83.5 cm³/mol. The smallest absolute Gasteiger partial charge is 0.244 e. The number of sulfonamides is 1. The number of rotatable bonds is 6. The quantitative estimate of drug-likeness (QED) is 0.763. The largest absolute Gasteiger partial charge is 0.395 e. The number of aliphatic hydroxyl groups excluding tert-OH is 1. The molecule has 0 spiro atoms. The molecule has 0 unspecified atom stereocenters. The second-order valence-corrected chi connectivity index (χ2v) is 6.59. The van der Waals surface area contributed by atoms with Gasteiger partial charge in [0.05, 0.1) is 18.2 Å². The van der Waals surface area contributed by atoms with Crippen molar-refractivity contribution < 1.29 is 13.5 Å². The number of halogens is 1. The van der Waals surface area contributed by atoms with Gasteiger partial charge in [-0.1, -0.05) is 30.4 Å². The van der Waals surface area contributed by atoms with E-state index in [4.69, 9.17) is 22.4 Å². The molecule has 0 saturated heterocycles. The summed E-state index contributed by atoms with van der Waals surface area (Å²) in [6.45, 7) is 2.22. The first-order valence-corrected chi connectivity index (χ1v) is 8.38. The summed E-state index contributed by atoms with van der Waals surface area (Å²) in [7, 11) is -3.72. The van der Waals surface area contributed by atoms with Gasteiger partial charge >= 0.3 is 0 Å². The van der Waals surface area contributed by atoms with Crippen LogP contribution in [0.25, 0.3) is 0 Å². The average Bonchev–Trinajstić information content (AvgIpc) is 2.44. The second kappa shape index (κ2) is 8.37. The highest BCUT2D eigenvalue weighted by molar-refractivity contribution is 7.89. The van der Waals surface area contributed by atoms with Crippen LogP contribution in [0.2, 0.25) is 5.02 Å². The maximum atomic E-state index is 12.5. The molecule has 0 radical (unpaired) electrons. The highest BCUT2D eigenvalue weighted by Crippen LogP contribution is 2.25. The van der Waals surface area contributed by atoms with Crippen molar-refractivity contribution in [3.8, 4) is 11.8 Å². The van der Waals surface area contributed by atoms with Gasteiger partial charge in [0.25, 0.3) is 0 Å². The fourth-order valence-electron chi connectivity index (χ4n) is 1.79. The maximum absolute atomic E-state index is 12.5. The molecule has 0 bridgehead atoms. The molecule has 21 heavy (non-hydrogen) atoms. The summed E-state index contributed by atoms with van der Waals surface area (Å²) in [5, 5.41) is 9.12. The van der Waals surface area contributed by atoms with E-state index in [0.717, 1.165) is 0 Å². The molecule has 5 nitrogen and oxygen atoms in total. The Morgan fingerprint density at radius 2 is 2.10 bits per heavy atom. The molecule has 7 heteroatoms. The van der Waals surface area contributed by atoms with Crippen molar-refractivity contribution in [1.82, 2.24) is 4.31 Å². The van der Waals surface area contributed by atoms with Crippen molar-refractivity contribution in [3.63, 3.8) is 0 Å². The molecule has 0 aliphatic rings. The van der Waals surface area contributed by atoms with Gasteiger partial charge in [0, 0.05) is 18.7 Å². The summed E-state index contributed by atoms with van der Waals surface area (Å²) < 4.78 is 26.3. The normalized spacial score (nSPS) is 11.3. The standard InChI is InChI=1S/C14H19ClN2O3S/c1-2-8-17(9-10-18)21(19,20)14-6-5-12(4-3-7-16)11-13(14)15/h5-6,11,18H,2,7-10,16H2,1H3. The minimum Gasteiger partial charge on any atom is -0.395 e. The SMILES string of the molecule is CCCN(CCO)S(=O)(=O)c1ccc(C#CCN)cc1Cl.